The molecule has 1 atom stereocenters. The minimum atomic E-state index is -5.10. The second-order valence-corrected chi connectivity index (χ2v) is 3.21. The fourth-order valence-corrected chi connectivity index (χ4v) is 1.41. The highest BCUT2D eigenvalue weighted by molar-refractivity contribution is 5.98. The van der Waals surface area contributed by atoms with E-state index in [0.717, 1.165) is 7.11 Å². The molecule has 0 N–H and O–H groups in total. The van der Waals surface area contributed by atoms with Crippen LogP contribution in [0.4, 0.5) is 13.2 Å². The quantitative estimate of drug-likeness (QED) is 0.599. The number of methoxy groups -OCH3 is 1. The number of esters is 1. The predicted octanol–water partition coefficient (Wildman–Crippen LogP) is -0.108. The van der Waals surface area contributed by atoms with Crippen molar-refractivity contribution in [3.8, 4) is 0 Å². The van der Waals surface area contributed by atoms with Gasteiger partial charge in [-0.3, -0.25) is 9.59 Å². The highest BCUT2D eigenvalue weighted by Gasteiger charge is 2.50. The Morgan fingerprint density at radius 1 is 1.44 bits per heavy atom. The van der Waals surface area contributed by atoms with Crippen LogP contribution in [0, 0.1) is 0 Å². The van der Waals surface area contributed by atoms with Crippen LogP contribution >= 0.6 is 0 Å². The van der Waals surface area contributed by atoms with Crippen molar-refractivity contribution >= 4 is 17.7 Å². The molecule has 0 aliphatic carbocycles. The van der Waals surface area contributed by atoms with Crippen molar-refractivity contribution < 1.29 is 32.3 Å². The van der Waals surface area contributed by atoms with E-state index in [9.17, 15) is 27.6 Å². The van der Waals surface area contributed by atoms with Gasteiger partial charge in [-0.15, -0.1) is 0 Å². The number of nitrogens with zero attached hydrogens (tertiary/aromatic N) is 1. The average molecular weight is 239 g/mol. The van der Waals surface area contributed by atoms with Gasteiger partial charge in [-0.05, 0) is 0 Å². The lowest BCUT2D eigenvalue weighted by molar-refractivity contribution is -0.188. The lowest BCUT2D eigenvalue weighted by Crippen LogP contribution is -2.47. The van der Waals surface area contributed by atoms with Crippen molar-refractivity contribution in [3.05, 3.63) is 0 Å². The first-order chi connectivity index (χ1) is 7.27. The summed E-state index contributed by atoms with van der Waals surface area (Å²) in [5.74, 6) is -3.83. The highest BCUT2D eigenvalue weighted by Crippen LogP contribution is 2.24. The number of halogens is 3. The Morgan fingerprint density at radius 3 is 2.44 bits per heavy atom. The third-order valence-electron chi connectivity index (χ3n) is 2.12. The van der Waals surface area contributed by atoms with Crippen LogP contribution in [-0.4, -0.2) is 48.4 Å². The molecule has 1 aliphatic rings. The molecule has 8 heteroatoms. The number of Topliss-reactive ketones (excluding diaryl/α,β-unsaturated/α-hetero) is 1. The third-order valence-corrected chi connectivity index (χ3v) is 2.12. The zero-order valence-electron chi connectivity index (χ0n) is 8.21. The van der Waals surface area contributed by atoms with Crippen LogP contribution in [0.2, 0.25) is 0 Å². The van der Waals surface area contributed by atoms with E-state index in [1.54, 1.807) is 0 Å². The summed E-state index contributed by atoms with van der Waals surface area (Å²) >= 11 is 0. The second-order valence-electron chi connectivity index (χ2n) is 3.21. The first kappa shape index (κ1) is 12.5. The number of hydrogen-bond acceptors (Lipinski definition) is 4. The molecular formula is C8H8F3NO4. The Labute approximate surface area is 88.1 Å². The molecule has 0 saturated carbocycles. The fraction of sp³-hybridized carbons (Fsp3) is 0.625. The van der Waals surface area contributed by atoms with E-state index < -0.39 is 42.8 Å². The largest absolute Gasteiger partial charge is 0.471 e. The van der Waals surface area contributed by atoms with Crippen molar-refractivity contribution in [1.82, 2.24) is 4.90 Å². The summed E-state index contributed by atoms with van der Waals surface area (Å²) in [6, 6.07) is -1.47. The van der Waals surface area contributed by atoms with E-state index in [2.05, 4.69) is 4.74 Å². The van der Waals surface area contributed by atoms with E-state index in [4.69, 9.17) is 0 Å². The van der Waals surface area contributed by atoms with Gasteiger partial charge in [0, 0.05) is 6.42 Å². The Bertz CT molecular complexity index is 339. The summed E-state index contributed by atoms with van der Waals surface area (Å²) in [6.45, 7) is -0.710. The molecule has 16 heavy (non-hydrogen) atoms. The maximum absolute atomic E-state index is 12.1. The normalized spacial score (nSPS) is 21.1. The van der Waals surface area contributed by atoms with Crippen LogP contribution in [0.5, 0.6) is 0 Å². The number of ether oxygens (including phenoxy) is 1. The number of amides is 1. The minimum absolute atomic E-state index is 0.189. The maximum atomic E-state index is 12.1. The number of carbonyl (C=O) groups is 3. The van der Waals surface area contributed by atoms with E-state index >= 15 is 0 Å². The van der Waals surface area contributed by atoms with Gasteiger partial charge in [-0.25, -0.2) is 4.79 Å². The first-order valence-electron chi connectivity index (χ1n) is 4.24. The topological polar surface area (TPSA) is 63.7 Å². The SMILES string of the molecule is COC(=O)C1CC(=O)CN1C(=O)C(F)(F)F. The van der Waals surface area contributed by atoms with Crippen molar-refractivity contribution in [2.75, 3.05) is 13.7 Å². The highest BCUT2D eigenvalue weighted by atomic mass is 19.4. The van der Waals surface area contributed by atoms with Crippen molar-refractivity contribution in [1.29, 1.82) is 0 Å². The summed E-state index contributed by atoms with van der Waals surface area (Å²) in [7, 11) is 0.974. The second kappa shape index (κ2) is 4.11. The van der Waals surface area contributed by atoms with Crippen LogP contribution in [0.3, 0.4) is 0 Å². The van der Waals surface area contributed by atoms with Crippen LogP contribution in [-0.2, 0) is 19.1 Å². The molecular weight excluding hydrogens is 231 g/mol. The molecule has 90 valence electrons. The molecule has 0 radical (unpaired) electrons. The van der Waals surface area contributed by atoms with Gasteiger partial charge in [0.2, 0.25) is 0 Å². The first-order valence-corrected chi connectivity index (χ1v) is 4.24. The number of likely N-dealkylation sites (tertiary alicyclic amines) is 1. The molecule has 1 saturated heterocycles. The zero-order chi connectivity index (χ0) is 12.5. The lowest BCUT2D eigenvalue weighted by atomic mass is 10.2. The molecule has 1 rings (SSSR count). The van der Waals surface area contributed by atoms with Gasteiger partial charge in [0.15, 0.2) is 5.78 Å². The maximum Gasteiger partial charge on any atom is 0.471 e. The van der Waals surface area contributed by atoms with Crippen LogP contribution in [0.25, 0.3) is 0 Å². The van der Waals surface area contributed by atoms with Crippen molar-refractivity contribution in [2.45, 2.75) is 18.6 Å². The zero-order valence-corrected chi connectivity index (χ0v) is 8.21. The monoisotopic (exact) mass is 239 g/mol. The Hall–Kier alpha value is -1.60. The molecule has 1 unspecified atom stereocenters. The predicted molar refractivity (Wildman–Crippen MR) is 43.2 cm³/mol. The summed E-state index contributed by atoms with van der Waals surface area (Å²) in [4.78, 5) is 33.1. The van der Waals surface area contributed by atoms with Gasteiger partial charge < -0.3 is 9.64 Å². The summed E-state index contributed by atoms with van der Waals surface area (Å²) in [5.41, 5.74) is 0. The number of hydrogen-bond donors (Lipinski definition) is 0. The van der Waals surface area contributed by atoms with Crippen molar-refractivity contribution in [3.63, 3.8) is 0 Å². The summed E-state index contributed by atoms with van der Waals surface area (Å²) in [6.07, 6.45) is -5.54. The summed E-state index contributed by atoms with van der Waals surface area (Å²) in [5, 5.41) is 0. The van der Waals surface area contributed by atoms with Gasteiger partial charge in [-0.1, -0.05) is 0 Å². The lowest BCUT2D eigenvalue weighted by Gasteiger charge is -2.22. The Balaban J connectivity index is 2.90. The van der Waals surface area contributed by atoms with Crippen LogP contribution < -0.4 is 0 Å². The Kier molecular flexibility index (Phi) is 3.20. The molecule has 1 aliphatic heterocycles. The molecule has 0 aromatic rings. The number of rotatable bonds is 1. The Morgan fingerprint density at radius 2 is 2.00 bits per heavy atom. The molecule has 1 fully saturated rings. The van der Waals surface area contributed by atoms with Gasteiger partial charge in [-0.2, -0.15) is 13.2 Å². The smallest absolute Gasteiger partial charge is 0.467 e. The van der Waals surface area contributed by atoms with E-state index in [1.807, 2.05) is 0 Å². The standard InChI is InChI=1S/C8H8F3NO4/c1-16-6(14)5-2-4(13)3-12(5)7(15)8(9,10)11/h5H,2-3H2,1H3. The molecule has 1 amide bonds. The van der Waals surface area contributed by atoms with E-state index in [1.165, 1.54) is 0 Å². The van der Waals surface area contributed by atoms with Crippen LogP contribution in [0.1, 0.15) is 6.42 Å². The number of carbonyl (C=O) groups excluding carboxylic acids is 3. The van der Waals surface area contributed by atoms with Crippen molar-refractivity contribution in [2.24, 2.45) is 0 Å². The van der Waals surface area contributed by atoms with Gasteiger partial charge in [0.1, 0.15) is 6.04 Å². The van der Waals surface area contributed by atoms with Gasteiger partial charge in [0.25, 0.3) is 0 Å². The van der Waals surface area contributed by atoms with E-state index in [-0.39, 0.29) is 4.90 Å². The molecule has 5 nitrogen and oxygen atoms in total. The molecule has 0 aromatic heterocycles. The van der Waals surface area contributed by atoms with Crippen LogP contribution in [0.15, 0.2) is 0 Å². The molecule has 0 bridgehead atoms. The number of alkyl halides is 3. The fourth-order valence-electron chi connectivity index (χ4n) is 1.41. The average Bonchev–Trinajstić information content (AvgIpc) is 2.56. The minimum Gasteiger partial charge on any atom is -0.467 e. The third kappa shape index (κ3) is 2.31. The van der Waals surface area contributed by atoms with Gasteiger partial charge >= 0.3 is 18.1 Å². The molecule has 0 aromatic carbocycles. The summed E-state index contributed by atoms with van der Waals surface area (Å²) < 4.78 is 40.6. The molecule has 0 spiro atoms. The van der Waals surface area contributed by atoms with E-state index in [0.29, 0.717) is 0 Å². The van der Waals surface area contributed by atoms with Gasteiger partial charge in [0.05, 0.1) is 13.7 Å². The number of ketones is 1. The molecule has 1 heterocycles.